The molecule has 0 spiro atoms. The molecule has 1 fully saturated rings. The highest BCUT2D eigenvalue weighted by molar-refractivity contribution is 7.99. The highest BCUT2D eigenvalue weighted by Gasteiger charge is 2.28. The molecule has 2 heterocycles. The van der Waals surface area contributed by atoms with E-state index < -0.39 is 10.0 Å². The highest BCUT2D eigenvalue weighted by atomic mass is 35.5. The maximum atomic E-state index is 13.0. The second kappa shape index (κ2) is 8.68. The summed E-state index contributed by atoms with van der Waals surface area (Å²) >= 11 is 8.05. The van der Waals surface area contributed by atoms with Gasteiger partial charge in [-0.3, -0.25) is 4.79 Å². The minimum Gasteiger partial charge on any atom is -0.345 e. The molecule has 0 bridgehead atoms. The molecule has 1 N–H and O–H groups in total. The van der Waals surface area contributed by atoms with E-state index in [0.29, 0.717) is 13.1 Å². The third kappa shape index (κ3) is 4.33. The number of amides is 1. The molecule has 2 aliphatic heterocycles. The Bertz CT molecular complexity index is 1020. The summed E-state index contributed by atoms with van der Waals surface area (Å²) in [4.78, 5) is 14.3. The van der Waals surface area contributed by atoms with Gasteiger partial charge in [0.05, 0.1) is 21.5 Å². The summed E-state index contributed by atoms with van der Waals surface area (Å²) in [6.45, 7) is 1.03. The number of hydrogen-bond acceptors (Lipinski definition) is 4. The Balaban J connectivity index is 1.59. The van der Waals surface area contributed by atoms with E-state index in [1.807, 2.05) is 18.2 Å². The van der Waals surface area contributed by atoms with Gasteiger partial charge in [-0.1, -0.05) is 36.2 Å². The number of halogens is 1. The molecule has 1 atom stereocenters. The average Bonchev–Trinajstić information content (AvgIpc) is 2.75. The van der Waals surface area contributed by atoms with Gasteiger partial charge in [0.15, 0.2) is 0 Å². The summed E-state index contributed by atoms with van der Waals surface area (Å²) in [5.74, 6) is 0.566. The summed E-state index contributed by atoms with van der Waals surface area (Å²) in [5.41, 5.74) is 1.28. The number of piperidine rings is 1. The smallest absolute Gasteiger partial charge is 0.253 e. The van der Waals surface area contributed by atoms with Crippen molar-refractivity contribution in [1.29, 1.82) is 0 Å². The largest absolute Gasteiger partial charge is 0.345 e. The van der Waals surface area contributed by atoms with Crippen molar-refractivity contribution in [3.05, 3.63) is 58.6 Å². The lowest BCUT2D eigenvalue weighted by atomic mass is 10.0. The number of nitrogens with zero attached hydrogens (tertiary/aromatic N) is 1. The zero-order valence-electron chi connectivity index (χ0n) is 15.9. The summed E-state index contributed by atoms with van der Waals surface area (Å²) < 4.78 is 27.4. The zero-order chi connectivity index (χ0) is 20.4. The lowest BCUT2D eigenvalue weighted by Gasteiger charge is -2.27. The van der Waals surface area contributed by atoms with Crippen molar-refractivity contribution in [2.75, 3.05) is 18.8 Å². The van der Waals surface area contributed by atoms with Crippen LogP contribution in [0.25, 0.3) is 0 Å². The van der Waals surface area contributed by atoms with Crippen LogP contribution in [0.5, 0.6) is 0 Å². The van der Waals surface area contributed by atoms with Gasteiger partial charge in [-0.15, -0.1) is 11.8 Å². The van der Waals surface area contributed by atoms with E-state index in [1.54, 1.807) is 11.8 Å². The van der Waals surface area contributed by atoms with Gasteiger partial charge in [-0.25, -0.2) is 8.42 Å². The van der Waals surface area contributed by atoms with Crippen LogP contribution in [0.3, 0.4) is 0 Å². The van der Waals surface area contributed by atoms with Crippen molar-refractivity contribution in [1.82, 2.24) is 9.62 Å². The maximum Gasteiger partial charge on any atom is 0.253 e. The van der Waals surface area contributed by atoms with Gasteiger partial charge in [0.2, 0.25) is 10.0 Å². The topological polar surface area (TPSA) is 66.5 Å². The first kappa shape index (κ1) is 20.7. The number of sulfonamides is 1. The van der Waals surface area contributed by atoms with E-state index >= 15 is 0 Å². The minimum absolute atomic E-state index is 0.113. The van der Waals surface area contributed by atoms with Crippen molar-refractivity contribution in [2.45, 2.75) is 41.5 Å². The van der Waals surface area contributed by atoms with E-state index in [-0.39, 0.29) is 27.4 Å². The van der Waals surface area contributed by atoms with Crippen LogP contribution in [0.15, 0.2) is 52.3 Å². The van der Waals surface area contributed by atoms with Gasteiger partial charge in [0.25, 0.3) is 5.91 Å². The molecule has 4 rings (SSSR count). The number of hydrogen-bond donors (Lipinski definition) is 1. The van der Waals surface area contributed by atoms with Crippen LogP contribution in [0.1, 0.15) is 47.6 Å². The Morgan fingerprint density at radius 2 is 1.86 bits per heavy atom. The fourth-order valence-electron chi connectivity index (χ4n) is 3.82. The normalized spacial score (nSPS) is 20.1. The molecule has 1 unspecified atom stereocenters. The monoisotopic (exact) mass is 450 g/mol. The van der Waals surface area contributed by atoms with Crippen LogP contribution in [0, 0.1) is 0 Å². The number of fused-ring (bicyclic) bond motifs is 1. The molecule has 0 saturated carbocycles. The lowest BCUT2D eigenvalue weighted by Crippen LogP contribution is -2.36. The SMILES string of the molecule is O=C(NC1CCSc2ccccc21)c1cc(S(=O)(=O)N2CCCCC2)ccc1Cl. The predicted octanol–water partition coefficient (Wildman–Crippen LogP) is 4.48. The molecule has 2 aromatic rings. The molecule has 2 aromatic carbocycles. The van der Waals surface area contributed by atoms with Crippen molar-refractivity contribution >= 4 is 39.3 Å². The van der Waals surface area contributed by atoms with E-state index in [1.165, 1.54) is 22.5 Å². The Morgan fingerprint density at radius 3 is 2.66 bits per heavy atom. The molecule has 2 aliphatic rings. The minimum atomic E-state index is -3.63. The Morgan fingerprint density at radius 1 is 1.10 bits per heavy atom. The first-order chi connectivity index (χ1) is 14.0. The van der Waals surface area contributed by atoms with Gasteiger partial charge < -0.3 is 5.32 Å². The predicted molar refractivity (Wildman–Crippen MR) is 116 cm³/mol. The van der Waals surface area contributed by atoms with E-state index in [0.717, 1.165) is 41.9 Å². The van der Waals surface area contributed by atoms with Crippen LogP contribution in [0.4, 0.5) is 0 Å². The van der Waals surface area contributed by atoms with Crippen LogP contribution in [-0.2, 0) is 10.0 Å². The fraction of sp³-hybridized carbons (Fsp3) is 0.381. The van der Waals surface area contributed by atoms with Crippen molar-refractivity contribution in [3.8, 4) is 0 Å². The van der Waals surface area contributed by atoms with E-state index in [9.17, 15) is 13.2 Å². The first-order valence-electron chi connectivity index (χ1n) is 9.79. The summed E-state index contributed by atoms with van der Waals surface area (Å²) in [5, 5.41) is 3.29. The lowest BCUT2D eigenvalue weighted by molar-refractivity contribution is 0.0935. The fourth-order valence-corrected chi connectivity index (χ4v) is 6.69. The zero-order valence-corrected chi connectivity index (χ0v) is 18.3. The molecule has 1 amide bonds. The van der Waals surface area contributed by atoms with Gasteiger partial charge in [-0.2, -0.15) is 4.31 Å². The Hall–Kier alpha value is -1.54. The molecule has 8 heteroatoms. The summed E-state index contributed by atoms with van der Waals surface area (Å²) in [6, 6.07) is 12.3. The second-order valence-electron chi connectivity index (χ2n) is 7.31. The second-order valence-corrected chi connectivity index (χ2v) is 10.8. The molecule has 154 valence electrons. The standard InChI is InChI=1S/C21H23ClN2O3S2/c22-18-9-8-15(29(26,27)24-11-4-1-5-12-24)14-17(18)21(25)23-19-10-13-28-20-7-3-2-6-16(19)20/h2-3,6-9,14,19H,1,4-5,10-13H2,(H,23,25). The molecule has 1 saturated heterocycles. The van der Waals surface area contributed by atoms with Crippen LogP contribution >= 0.6 is 23.4 Å². The van der Waals surface area contributed by atoms with Crippen molar-refractivity contribution < 1.29 is 13.2 Å². The number of nitrogens with one attached hydrogen (secondary N) is 1. The van der Waals surface area contributed by atoms with Gasteiger partial charge >= 0.3 is 0 Å². The number of carbonyl (C=O) groups is 1. The Labute approximate surface area is 180 Å². The van der Waals surface area contributed by atoms with E-state index in [4.69, 9.17) is 11.6 Å². The molecular weight excluding hydrogens is 428 g/mol. The quantitative estimate of drug-likeness (QED) is 0.745. The number of rotatable bonds is 4. The molecule has 0 radical (unpaired) electrons. The van der Waals surface area contributed by atoms with Gasteiger partial charge in [0.1, 0.15) is 0 Å². The van der Waals surface area contributed by atoms with Gasteiger partial charge in [0, 0.05) is 23.7 Å². The first-order valence-corrected chi connectivity index (χ1v) is 12.6. The maximum absolute atomic E-state index is 13.0. The molecular formula is C21H23ClN2O3S2. The highest BCUT2D eigenvalue weighted by Crippen LogP contribution is 2.36. The van der Waals surface area contributed by atoms with Crippen molar-refractivity contribution in [3.63, 3.8) is 0 Å². The van der Waals surface area contributed by atoms with Crippen LogP contribution < -0.4 is 5.32 Å². The number of thioether (sulfide) groups is 1. The number of benzene rings is 2. The third-order valence-electron chi connectivity index (χ3n) is 5.40. The van der Waals surface area contributed by atoms with Crippen LogP contribution in [0.2, 0.25) is 5.02 Å². The molecule has 0 aliphatic carbocycles. The molecule has 0 aromatic heterocycles. The Kier molecular flexibility index (Phi) is 6.20. The molecule has 29 heavy (non-hydrogen) atoms. The van der Waals surface area contributed by atoms with Crippen LogP contribution in [-0.4, -0.2) is 37.5 Å². The molecule has 5 nitrogen and oxygen atoms in total. The summed E-state index contributed by atoms with van der Waals surface area (Å²) in [7, 11) is -3.63. The number of carbonyl (C=O) groups excluding carboxylic acids is 1. The summed E-state index contributed by atoms with van der Waals surface area (Å²) in [6.07, 6.45) is 3.58. The van der Waals surface area contributed by atoms with E-state index in [2.05, 4.69) is 11.4 Å². The average molecular weight is 451 g/mol. The van der Waals surface area contributed by atoms with Crippen molar-refractivity contribution in [2.24, 2.45) is 0 Å². The third-order valence-corrected chi connectivity index (χ3v) is 8.75. The van der Waals surface area contributed by atoms with Gasteiger partial charge in [-0.05, 0) is 49.1 Å².